The number of fused-ring (bicyclic) bond motifs is 1. The van der Waals surface area contributed by atoms with Crippen molar-refractivity contribution >= 4 is 10.8 Å². The molecule has 0 radical (unpaired) electrons. The first-order chi connectivity index (χ1) is 8.17. The van der Waals surface area contributed by atoms with Crippen molar-refractivity contribution in [2.45, 2.75) is 13.0 Å². The van der Waals surface area contributed by atoms with Crippen LogP contribution >= 0.6 is 0 Å². The SMILES string of the molecule is COc1cc2ccnc(C(C)O)c2cc1OC. The molecule has 4 heteroatoms. The Kier molecular flexibility index (Phi) is 3.15. The van der Waals surface area contributed by atoms with Crippen LogP contribution in [0, 0.1) is 0 Å². The van der Waals surface area contributed by atoms with Crippen molar-refractivity contribution in [3.8, 4) is 11.5 Å². The number of aliphatic hydroxyl groups is 1. The summed E-state index contributed by atoms with van der Waals surface area (Å²) in [6.07, 6.45) is 1.06. The third-order valence-corrected chi connectivity index (χ3v) is 2.70. The molecule has 0 spiro atoms. The average Bonchev–Trinajstić information content (AvgIpc) is 2.35. The molecule has 0 fully saturated rings. The van der Waals surface area contributed by atoms with Crippen LogP contribution in [0.1, 0.15) is 18.7 Å². The molecule has 2 aromatic rings. The smallest absolute Gasteiger partial charge is 0.161 e. The Hall–Kier alpha value is -1.81. The summed E-state index contributed by atoms with van der Waals surface area (Å²) in [7, 11) is 3.18. The molecule has 1 N–H and O–H groups in total. The summed E-state index contributed by atoms with van der Waals surface area (Å²) in [5.74, 6) is 1.30. The van der Waals surface area contributed by atoms with Gasteiger partial charge in [0.15, 0.2) is 11.5 Å². The molecule has 0 amide bonds. The van der Waals surface area contributed by atoms with Crippen molar-refractivity contribution in [1.82, 2.24) is 4.98 Å². The standard InChI is InChI=1S/C13H15NO3/c1-8(15)13-10-7-12(17-3)11(16-2)6-9(10)4-5-14-13/h4-8,15H,1-3H3. The predicted molar refractivity (Wildman–Crippen MR) is 65.5 cm³/mol. The van der Waals surface area contributed by atoms with Crippen LogP contribution in [0.4, 0.5) is 0 Å². The van der Waals surface area contributed by atoms with E-state index in [-0.39, 0.29) is 0 Å². The van der Waals surface area contributed by atoms with Crippen molar-refractivity contribution < 1.29 is 14.6 Å². The second-order valence-corrected chi connectivity index (χ2v) is 3.80. The highest BCUT2D eigenvalue weighted by atomic mass is 16.5. The fourth-order valence-corrected chi connectivity index (χ4v) is 1.85. The van der Waals surface area contributed by atoms with Gasteiger partial charge in [-0.2, -0.15) is 0 Å². The molecular weight excluding hydrogens is 218 g/mol. The molecule has 1 aromatic carbocycles. The molecule has 90 valence electrons. The zero-order valence-corrected chi connectivity index (χ0v) is 10.1. The van der Waals surface area contributed by atoms with Gasteiger partial charge in [0.25, 0.3) is 0 Å². The minimum Gasteiger partial charge on any atom is -0.493 e. The molecule has 0 saturated heterocycles. The molecule has 0 bridgehead atoms. The summed E-state index contributed by atoms with van der Waals surface area (Å²) in [5, 5.41) is 11.5. The molecule has 4 nitrogen and oxygen atoms in total. The molecule has 1 heterocycles. The molecular formula is C13H15NO3. The van der Waals surface area contributed by atoms with E-state index in [1.165, 1.54) is 0 Å². The van der Waals surface area contributed by atoms with Crippen molar-refractivity contribution in [3.63, 3.8) is 0 Å². The molecule has 0 aliphatic heterocycles. The fraction of sp³-hybridized carbons (Fsp3) is 0.308. The van der Waals surface area contributed by atoms with Gasteiger partial charge in [-0.25, -0.2) is 0 Å². The van der Waals surface area contributed by atoms with Gasteiger partial charge in [-0.1, -0.05) is 0 Å². The zero-order valence-electron chi connectivity index (χ0n) is 10.1. The molecule has 1 aromatic heterocycles. The maximum Gasteiger partial charge on any atom is 0.161 e. The highest BCUT2D eigenvalue weighted by molar-refractivity contribution is 5.88. The third-order valence-electron chi connectivity index (χ3n) is 2.70. The van der Waals surface area contributed by atoms with E-state index in [2.05, 4.69) is 4.98 Å². The van der Waals surface area contributed by atoms with E-state index in [0.29, 0.717) is 17.2 Å². The Labute approximate surface area is 99.8 Å². The summed E-state index contributed by atoms with van der Waals surface area (Å²) in [4.78, 5) is 4.19. The summed E-state index contributed by atoms with van der Waals surface area (Å²) < 4.78 is 10.5. The van der Waals surface area contributed by atoms with Crippen molar-refractivity contribution in [1.29, 1.82) is 0 Å². The van der Waals surface area contributed by atoms with Crippen LogP contribution in [0.25, 0.3) is 10.8 Å². The molecule has 0 aliphatic carbocycles. The van der Waals surface area contributed by atoms with E-state index in [4.69, 9.17) is 9.47 Å². The number of benzene rings is 1. The van der Waals surface area contributed by atoms with Gasteiger partial charge < -0.3 is 14.6 Å². The number of rotatable bonds is 3. The van der Waals surface area contributed by atoms with Gasteiger partial charge >= 0.3 is 0 Å². The van der Waals surface area contributed by atoms with Crippen molar-refractivity contribution in [2.75, 3.05) is 14.2 Å². The number of ether oxygens (including phenoxy) is 2. The van der Waals surface area contributed by atoms with Gasteiger partial charge in [-0.3, -0.25) is 4.98 Å². The first-order valence-electron chi connectivity index (χ1n) is 5.36. The Bertz CT molecular complexity index is 537. The molecule has 0 saturated carbocycles. The van der Waals surface area contributed by atoms with Crippen LogP contribution in [-0.2, 0) is 0 Å². The minimum atomic E-state index is -0.614. The number of hydrogen-bond acceptors (Lipinski definition) is 4. The quantitative estimate of drug-likeness (QED) is 0.883. The number of pyridine rings is 1. The number of nitrogens with zero attached hydrogens (tertiary/aromatic N) is 1. The summed E-state index contributed by atoms with van der Waals surface area (Å²) >= 11 is 0. The first-order valence-corrected chi connectivity index (χ1v) is 5.36. The van der Waals surface area contributed by atoms with E-state index >= 15 is 0 Å². The van der Waals surface area contributed by atoms with Gasteiger partial charge in [0.1, 0.15) is 0 Å². The van der Waals surface area contributed by atoms with Crippen LogP contribution in [0.3, 0.4) is 0 Å². The predicted octanol–water partition coefficient (Wildman–Crippen LogP) is 2.31. The largest absolute Gasteiger partial charge is 0.493 e. The number of hydrogen-bond donors (Lipinski definition) is 1. The van der Waals surface area contributed by atoms with Crippen LogP contribution in [0.5, 0.6) is 11.5 Å². The molecule has 1 unspecified atom stereocenters. The number of aromatic nitrogens is 1. The first kappa shape index (κ1) is 11.7. The molecule has 0 aliphatic rings. The second kappa shape index (κ2) is 4.59. The van der Waals surface area contributed by atoms with Gasteiger partial charge in [0, 0.05) is 11.6 Å². The highest BCUT2D eigenvalue weighted by Crippen LogP contribution is 2.34. The maximum absolute atomic E-state index is 9.68. The molecule has 17 heavy (non-hydrogen) atoms. The lowest BCUT2D eigenvalue weighted by Gasteiger charge is -2.12. The van der Waals surface area contributed by atoms with E-state index in [1.54, 1.807) is 27.3 Å². The van der Waals surface area contributed by atoms with Crippen LogP contribution in [-0.4, -0.2) is 24.3 Å². The maximum atomic E-state index is 9.68. The third kappa shape index (κ3) is 2.03. The number of methoxy groups -OCH3 is 2. The van der Waals surface area contributed by atoms with Crippen LogP contribution < -0.4 is 9.47 Å². The molecule has 2 rings (SSSR count). The lowest BCUT2D eigenvalue weighted by Crippen LogP contribution is -1.98. The van der Waals surface area contributed by atoms with Crippen LogP contribution in [0.2, 0.25) is 0 Å². The topological polar surface area (TPSA) is 51.6 Å². The van der Waals surface area contributed by atoms with Crippen molar-refractivity contribution in [2.24, 2.45) is 0 Å². The van der Waals surface area contributed by atoms with E-state index in [9.17, 15) is 5.11 Å². The van der Waals surface area contributed by atoms with Gasteiger partial charge in [-0.15, -0.1) is 0 Å². The lowest BCUT2D eigenvalue weighted by atomic mass is 10.1. The van der Waals surface area contributed by atoms with E-state index in [0.717, 1.165) is 10.8 Å². The normalized spacial score (nSPS) is 12.5. The van der Waals surface area contributed by atoms with Gasteiger partial charge in [0.05, 0.1) is 26.0 Å². The van der Waals surface area contributed by atoms with E-state index in [1.807, 2.05) is 18.2 Å². The fourth-order valence-electron chi connectivity index (χ4n) is 1.85. The second-order valence-electron chi connectivity index (χ2n) is 3.80. The van der Waals surface area contributed by atoms with E-state index < -0.39 is 6.10 Å². The summed E-state index contributed by atoms with van der Waals surface area (Å²) in [6.45, 7) is 1.69. The molecule has 1 atom stereocenters. The summed E-state index contributed by atoms with van der Waals surface area (Å²) in [5.41, 5.74) is 0.642. The number of aliphatic hydroxyl groups excluding tert-OH is 1. The minimum absolute atomic E-state index is 0.614. The van der Waals surface area contributed by atoms with Gasteiger partial charge in [0.2, 0.25) is 0 Å². The summed E-state index contributed by atoms with van der Waals surface area (Å²) in [6, 6.07) is 5.59. The highest BCUT2D eigenvalue weighted by Gasteiger charge is 2.12. The average molecular weight is 233 g/mol. The zero-order chi connectivity index (χ0) is 12.4. The lowest BCUT2D eigenvalue weighted by molar-refractivity contribution is 0.196. The Morgan fingerprint density at radius 2 is 1.82 bits per heavy atom. The van der Waals surface area contributed by atoms with Gasteiger partial charge in [-0.05, 0) is 30.5 Å². The Morgan fingerprint density at radius 3 is 2.41 bits per heavy atom. The Morgan fingerprint density at radius 1 is 1.18 bits per heavy atom. The monoisotopic (exact) mass is 233 g/mol. The van der Waals surface area contributed by atoms with Crippen molar-refractivity contribution in [3.05, 3.63) is 30.1 Å². The Balaban J connectivity index is 2.73. The van der Waals surface area contributed by atoms with Crippen LogP contribution in [0.15, 0.2) is 24.4 Å².